The third-order valence-corrected chi connectivity index (χ3v) is 3.70. The molecule has 2 aromatic rings. The Kier molecular flexibility index (Phi) is 3.80. The predicted molar refractivity (Wildman–Crippen MR) is 73.5 cm³/mol. The predicted octanol–water partition coefficient (Wildman–Crippen LogP) is 2.66. The monoisotopic (exact) mass is 279 g/mol. The molecule has 1 aromatic carbocycles. The Morgan fingerprint density at radius 1 is 1.53 bits per heavy atom. The van der Waals surface area contributed by atoms with Crippen LogP contribution in [0.4, 0.5) is 9.52 Å². The molecule has 6 heteroatoms. The van der Waals surface area contributed by atoms with Gasteiger partial charge in [-0.25, -0.2) is 9.37 Å². The first-order valence-electron chi connectivity index (χ1n) is 5.76. The number of aromatic nitrogens is 1. The fraction of sp³-hybridized carbons (Fsp3) is 0.231. The maximum atomic E-state index is 13.1. The fourth-order valence-corrected chi connectivity index (χ4v) is 2.49. The summed E-state index contributed by atoms with van der Waals surface area (Å²) < 4.78 is 13.1. The number of hydrogen-bond donors (Lipinski definition) is 2. The summed E-state index contributed by atoms with van der Waals surface area (Å²) in [6, 6.07) is 5.86. The quantitative estimate of drug-likeness (QED) is 0.907. The van der Waals surface area contributed by atoms with Crippen LogP contribution in [-0.2, 0) is 0 Å². The minimum absolute atomic E-state index is 0.247. The van der Waals surface area contributed by atoms with Gasteiger partial charge >= 0.3 is 0 Å². The lowest BCUT2D eigenvalue weighted by Crippen LogP contribution is -2.26. The smallest absolute Gasteiger partial charge is 0.263 e. The zero-order valence-electron chi connectivity index (χ0n) is 10.6. The highest BCUT2D eigenvalue weighted by Crippen LogP contribution is 2.21. The Balaban J connectivity index is 2.13. The lowest BCUT2D eigenvalue weighted by molar-refractivity contribution is 0.0943. The molecule has 0 radical (unpaired) electrons. The van der Waals surface area contributed by atoms with Gasteiger partial charge in [-0.15, -0.1) is 0 Å². The van der Waals surface area contributed by atoms with Gasteiger partial charge in [0.25, 0.3) is 5.91 Å². The second-order valence-corrected chi connectivity index (χ2v) is 5.25. The Labute approximate surface area is 114 Å². The largest absolute Gasteiger partial charge is 0.375 e. The minimum Gasteiger partial charge on any atom is -0.375 e. The maximum Gasteiger partial charge on any atom is 0.263 e. The number of hydrogen-bond acceptors (Lipinski definition) is 4. The average molecular weight is 279 g/mol. The van der Waals surface area contributed by atoms with E-state index in [1.54, 1.807) is 26.0 Å². The van der Waals surface area contributed by atoms with Crippen molar-refractivity contribution in [3.8, 4) is 0 Å². The van der Waals surface area contributed by atoms with E-state index in [4.69, 9.17) is 5.73 Å². The summed E-state index contributed by atoms with van der Waals surface area (Å²) in [7, 11) is 0. The minimum atomic E-state index is -0.322. The number of nitrogens with two attached hydrogens (primary N) is 1. The molecule has 100 valence electrons. The highest BCUT2D eigenvalue weighted by Gasteiger charge is 2.17. The maximum absolute atomic E-state index is 13.1. The molecule has 1 aromatic heterocycles. The summed E-state index contributed by atoms with van der Waals surface area (Å²) >= 11 is 1.14. The molecule has 1 atom stereocenters. The van der Waals surface area contributed by atoms with Crippen LogP contribution in [-0.4, -0.2) is 10.9 Å². The summed E-state index contributed by atoms with van der Waals surface area (Å²) in [4.78, 5) is 16.5. The molecule has 0 aliphatic heterocycles. The highest BCUT2D eigenvalue weighted by atomic mass is 32.1. The number of halogens is 1. The van der Waals surface area contributed by atoms with E-state index in [1.807, 2.05) is 0 Å². The molecule has 2 rings (SSSR count). The van der Waals surface area contributed by atoms with E-state index in [-0.39, 0.29) is 17.8 Å². The summed E-state index contributed by atoms with van der Waals surface area (Å²) in [6.45, 7) is 3.53. The molecule has 0 fully saturated rings. The number of carbonyl (C=O) groups is 1. The van der Waals surface area contributed by atoms with Crippen LogP contribution in [0.5, 0.6) is 0 Å². The number of nitrogen functional groups attached to an aromatic ring is 1. The van der Waals surface area contributed by atoms with Crippen molar-refractivity contribution in [3.05, 3.63) is 46.2 Å². The molecule has 0 spiro atoms. The molecule has 0 bridgehead atoms. The summed E-state index contributed by atoms with van der Waals surface area (Å²) in [5.41, 5.74) is 6.87. The van der Waals surface area contributed by atoms with Crippen molar-refractivity contribution >= 4 is 22.4 Å². The van der Waals surface area contributed by atoms with Crippen molar-refractivity contribution in [1.82, 2.24) is 10.3 Å². The molecule has 0 saturated heterocycles. The average Bonchev–Trinajstić information content (AvgIpc) is 2.68. The van der Waals surface area contributed by atoms with Gasteiger partial charge in [0.15, 0.2) is 5.13 Å². The first kappa shape index (κ1) is 13.5. The van der Waals surface area contributed by atoms with E-state index >= 15 is 0 Å². The lowest BCUT2D eigenvalue weighted by Gasteiger charge is -2.13. The molecule has 1 amide bonds. The Morgan fingerprint density at radius 3 is 2.84 bits per heavy atom. The topological polar surface area (TPSA) is 68.0 Å². The number of nitrogens with one attached hydrogen (secondary N) is 1. The number of rotatable bonds is 3. The van der Waals surface area contributed by atoms with Gasteiger partial charge in [0, 0.05) is 0 Å². The van der Waals surface area contributed by atoms with Crippen molar-refractivity contribution in [2.75, 3.05) is 5.73 Å². The highest BCUT2D eigenvalue weighted by molar-refractivity contribution is 7.17. The number of carbonyl (C=O) groups excluding carboxylic acids is 1. The Bertz CT molecular complexity index is 612. The van der Waals surface area contributed by atoms with Crippen LogP contribution < -0.4 is 11.1 Å². The second kappa shape index (κ2) is 5.36. The van der Waals surface area contributed by atoms with Crippen LogP contribution in [0, 0.1) is 12.7 Å². The van der Waals surface area contributed by atoms with Gasteiger partial charge in [-0.05, 0) is 31.5 Å². The van der Waals surface area contributed by atoms with Gasteiger partial charge in [0.05, 0.1) is 11.7 Å². The van der Waals surface area contributed by atoms with Crippen LogP contribution in [0.25, 0.3) is 0 Å². The Hall–Kier alpha value is -1.95. The number of amides is 1. The van der Waals surface area contributed by atoms with Gasteiger partial charge in [0.2, 0.25) is 0 Å². The first-order chi connectivity index (χ1) is 8.97. The molecule has 0 aliphatic carbocycles. The SMILES string of the molecule is Cc1nc(N)sc1C(=O)N[C@@H](C)c1cccc(F)c1. The zero-order chi connectivity index (χ0) is 14.0. The molecule has 0 aliphatic rings. The molecule has 19 heavy (non-hydrogen) atoms. The van der Waals surface area contributed by atoms with Crippen molar-refractivity contribution < 1.29 is 9.18 Å². The normalized spacial score (nSPS) is 12.2. The summed E-state index contributed by atoms with van der Waals surface area (Å²) in [5.74, 6) is -0.569. The van der Waals surface area contributed by atoms with E-state index in [9.17, 15) is 9.18 Å². The Morgan fingerprint density at radius 2 is 2.26 bits per heavy atom. The molecule has 0 unspecified atom stereocenters. The van der Waals surface area contributed by atoms with Crippen LogP contribution in [0.3, 0.4) is 0 Å². The summed E-state index contributed by atoms with van der Waals surface area (Å²) in [6.07, 6.45) is 0. The van der Waals surface area contributed by atoms with Crippen molar-refractivity contribution in [3.63, 3.8) is 0 Å². The van der Waals surface area contributed by atoms with Gasteiger partial charge < -0.3 is 11.1 Å². The van der Waals surface area contributed by atoms with Crippen LogP contribution in [0.1, 0.15) is 33.9 Å². The van der Waals surface area contributed by atoms with Gasteiger partial charge in [-0.1, -0.05) is 23.5 Å². The van der Waals surface area contributed by atoms with Crippen LogP contribution in [0.15, 0.2) is 24.3 Å². The van der Waals surface area contributed by atoms with E-state index in [0.29, 0.717) is 21.3 Å². The standard InChI is InChI=1S/C13H14FN3OS/c1-7(9-4-3-5-10(14)6-9)16-12(18)11-8(2)17-13(15)19-11/h3-7H,1-2H3,(H2,15,17)(H,16,18)/t7-/m0/s1. The van der Waals surface area contributed by atoms with Crippen molar-refractivity contribution in [2.24, 2.45) is 0 Å². The molecular weight excluding hydrogens is 265 g/mol. The third kappa shape index (κ3) is 3.08. The van der Waals surface area contributed by atoms with E-state index < -0.39 is 0 Å². The molecule has 1 heterocycles. The second-order valence-electron chi connectivity index (χ2n) is 4.22. The number of nitrogens with zero attached hydrogens (tertiary/aromatic N) is 1. The van der Waals surface area contributed by atoms with Gasteiger partial charge in [-0.2, -0.15) is 0 Å². The van der Waals surface area contributed by atoms with Gasteiger partial charge in [0.1, 0.15) is 10.7 Å². The lowest BCUT2D eigenvalue weighted by atomic mass is 10.1. The number of benzene rings is 1. The van der Waals surface area contributed by atoms with E-state index in [1.165, 1.54) is 12.1 Å². The summed E-state index contributed by atoms with van der Waals surface area (Å²) in [5, 5.41) is 3.17. The molecule has 0 saturated carbocycles. The third-order valence-electron chi connectivity index (χ3n) is 2.72. The van der Waals surface area contributed by atoms with E-state index in [2.05, 4.69) is 10.3 Å². The molecule has 3 N–H and O–H groups in total. The van der Waals surface area contributed by atoms with Crippen molar-refractivity contribution in [2.45, 2.75) is 19.9 Å². The fourth-order valence-electron chi connectivity index (χ4n) is 1.75. The molecular formula is C13H14FN3OS. The number of thiazole rings is 1. The van der Waals surface area contributed by atoms with Gasteiger partial charge in [-0.3, -0.25) is 4.79 Å². The number of anilines is 1. The van der Waals surface area contributed by atoms with E-state index in [0.717, 1.165) is 11.3 Å². The van der Waals surface area contributed by atoms with Crippen molar-refractivity contribution in [1.29, 1.82) is 0 Å². The first-order valence-corrected chi connectivity index (χ1v) is 6.58. The number of aryl methyl sites for hydroxylation is 1. The zero-order valence-corrected chi connectivity index (χ0v) is 11.4. The van der Waals surface area contributed by atoms with Crippen LogP contribution in [0.2, 0.25) is 0 Å². The molecule has 4 nitrogen and oxygen atoms in total. The van der Waals surface area contributed by atoms with Crippen LogP contribution >= 0.6 is 11.3 Å².